The van der Waals surface area contributed by atoms with E-state index >= 15 is 0 Å². The Morgan fingerprint density at radius 2 is 1.67 bits per heavy atom. The zero-order valence-electron chi connectivity index (χ0n) is 17.4. The summed E-state index contributed by atoms with van der Waals surface area (Å²) in [6.45, 7) is 6.16. The van der Waals surface area contributed by atoms with Crippen molar-refractivity contribution in [2.45, 2.75) is 31.6 Å². The van der Waals surface area contributed by atoms with Crippen molar-refractivity contribution in [1.82, 2.24) is 4.98 Å². The second-order valence-electron chi connectivity index (χ2n) is 7.19. The molecule has 30 heavy (non-hydrogen) atoms. The molecule has 0 aliphatic rings. The van der Waals surface area contributed by atoms with Crippen LogP contribution >= 0.6 is 11.3 Å². The van der Waals surface area contributed by atoms with Gasteiger partial charge in [0, 0.05) is 17.7 Å². The van der Waals surface area contributed by atoms with Gasteiger partial charge in [-0.05, 0) is 55.8 Å². The number of thiazole rings is 1. The summed E-state index contributed by atoms with van der Waals surface area (Å²) in [6, 6.07) is 13.1. The average molecular weight is 442 g/mol. The molecule has 1 heterocycles. The number of aromatic nitrogens is 1. The first kappa shape index (κ1) is 22.1. The molecule has 0 radical (unpaired) electrons. The van der Waals surface area contributed by atoms with Gasteiger partial charge in [0.25, 0.3) is 0 Å². The first-order valence-electron chi connectivity index (χ1n) is 9.57. The van der Waals surface area contributed by atoms with E-state index in [0.29, 0.717) is 0 Å². The van der Waals surface area contributed by atoms with Gasteiger partial charge in [0.15, 0.2) is 9.84 Å². The van der Waals surface area contributed by atoms with E-state index in [4.69, 9.17) is 4.98 Å². The van der Waals surface area contributed by atoms with Gasteiger partial charge >= 0.3 is 0 Å². The van der Waals surface area contributed by atoms with Gasteiger partial charge in [-0.2, -0.15) is 0 Å². The molecule has 0 bridgehead atoms. The van der Waals surface area contributed by atoms with Gasteiger partial charge in [-0.25, -0.2) is 17.8 Å². The fourth-order valence-electron chi connectivity index (χ4n) is 2.96. The molecule has 1 unspecified atom stereocenters. The van der Waals surface area contributed by atoms with E-state index in [0.717, 1.165) is 26.7 Å². The highest BCUT2D eigenvalue weighted by Crippen LogP contribution is 2.40. The predicted molar refractivity (Wildman–Crippen MR) is 123 cm³/mol. The average Bonchev–Trinajstić information content (AvgIpc) is 3.16. The third kappa shape index (κ3) is 4.94. The quantitative estimate of drug-likeness (QED) is 0.403. The van der Waals surface area contributed by atoms with Crippen LogP contribution in [0.2, 0.25) is 0 Å². The Hall–Kier alpha value is -2.57. The van der Waals surface area contributed by atoms with Gasteiger partial charge in [0.05, 0.1) is 15.5 Å². The Bertz CT molecular complexity index is 1190. The van der Waals surface area contributed by atoms with E-state index in [9.17, 15) is 12.8 Å². The van der Waals surface area contributed by atoms with E-state index < -0.39 is 9.84 Å². The third-order valence-corrected chi connectivity index (χ3v) is 7.33. The molecule has 0 saturated heterocycles. The van der Waals surface area contributed by atoms with Crippen LogP contribution in [0.15, 0.2) is 77.2 Å². The van der Waals surface area contributed by atoms with Crippen molar-refractivity contribution in [3.63, 3.8) is 0 Å². The van der Waals surface area contributed by atoms with E-state index in [1.54, 1.807) is 47.7 Å². The number of hydrogen-bond acceptors (Lipinski definition) is 4. The highest BCUT2D eigenvalue weighted by molar-refractivity contribution is 7.90. The SMILES string of the molecule is C/C=C\C=C(\C)C(C)c1nc(-c2ccc(F)cc2)c(-c2ccc(S(C)(=O)=O)cc2)s1. The second kappa shape index (κ2) is 9.06. The van der Waals surface area contributed by atoms with Gasteiger partial charge < -0.3 is 0 Å². The number of halogens is 1. The Kier molecular flexibility index (Phi) is 6.68. The fourth-order valence-corrected chi connectivity index (χ4v) is 4.81. The summed E-state index contributed by atoms with van der Waals surface area (Å²) in [6.07, 6.45) is 7.25. The molecule has 0 saturated carbocycles. The lowest BCUT2D eigenvalue weighted by molar-refractivity contribution is 0.602. The van der Waals surface area contributed by atoms with Crippen LogP contribution in [0.5, 0.6) is 0 Å². The van der Waals surface area contributed by atoms with Gasteiger partial charge in [0.1, 0.15) is 10.8 Å². The molecule has 0 amide bonds. The first-order chi connectivity index (χ1) is 14.2. The van der Waals surface area contributed by atoms with E-state index in [1.165, 1.54) is 24.0 Å². The minimum Gasteiger partial charge on any atom is -0.240 e. The normalized spacial score (nSPS) is 13.7. The molecule has 0 spiro atoms. The topological polar surface area (TPSA) is 47.0 Å². The van der Waals surface area contributed by atoms with Crippen molar-refractivity contribution in [2.75, 3.05) is 6.26 Å². The maximum atomic E-state index is 13.5. The largest absolute Gasteiger partial charge is 0.240 e. The molecule has 3 rings (SSSR count). The third-order valence-electron chi connectivity index (χ3n) is 4.91. The molecule has 6 heteroatoms. The van der Waals surface area contributed by atoms with E-state index in [1.807, 2.05) is 19.1 Å². The van der Waals surface area contributed by atoms with Crippen molar-refractivity contribution in [3.8, 4) is 21.7 Å². The number of benzene rings is 2. The van der Waals surface area contributed by atoms with Crippen molar-refractivity contribution < 1.29 is 12.8 Å². The van der Waals surface area contributed by atoms with Crippen LogP contribution in [0.3, 0.4) is 0 Å². The molecule has 1 aromatic heterocycles. The number of allylic oxidation sites excluding steroid dienone is 4. The molecule has 156 valence electrons. The Balaban J connectivity index is 2.12. The van der Waals surface area contributed by atoms with Crippen LogP contribution in [0, 0.1) is 5.82 Å². The molecular formula is C24H24FNO2S2. The van der Waals surface area contributed by atoms with Crippen molar-refractivity contribution in [2.24, 2.45) is 0 Å². The van der Waals surface area contributed by atoms with E-state index in [-0.39, 0.29) is 16.6 Å². The molecule has 0 aliphatic heterocycles. The van der Waals surface area contributed by atoms with Crippen LogP contribution in [-0.2, 0) is 9.84 Å². The van der Waals surface area contributed by atoms with Gasteiger partial charge in [-0.3, -0.25) is 0 Å². The molecule has 1 atom stereocenters. The highest BCUT2D eigenvalue weighted by Gasteiger charge is 2.20. The summed E-state index contributed by atoms with van der Waals surface area (Å²) in [4.78, 5) is 6.11. The molecule has 0 aliphatic carbocycles. The lowest BCUT2D eigenvalue weighted by atomic mass is 10.0. The van der Waals surface area contributed by atoms with Crippen molar-refractivity contribution in [3.05, 3.63) is 83.2 Å². The summed E-state index contributed by atoms with van der Waals surface area (Å²) in [5, 5.41) is 0.953. The van der Waals surface area contributed by atoms with Gasteiger partial charge in [-0.15, -0.1) is 11.3 Å². The predicted octanol–water partition coefficient (Wildman–Crippen LogP) is 6.65. The summed E-state index contributed by atoms with van der Waals surface area (Å²) in [5.41, 5.74) is 3.66. The zero-order valence-corrected chi connectivity index (χ0v) is 19.0. The molecule has 2 aromatic carbocycles. The maximum Gasteiger partial charge on any atom is 0.175 e. The maximum absolute atomic E-state index is 13.5. The Morgan fingerprint density at radius 1 is 1.07 bits per heavy atom. The summed E-state index contributed by atoms with van der Waals surface area (Å²) < 4.78 is 37.0. The number of rotatable bonds is 6. The number of nitrogens with zero attached hydrogens (tertiary/aromatic N) is 1. The van der Waals surface area contributed by atoms with Crippen LogP contribution in [0.1, 0.15) is 31.7 Å². The van der Waals surface area contributed by atoms with Gasteiger partial charge in [-0.1, -0.05) is 42.9 Å². The van der Waals surface area contributed by atoms with Crippen LogP contribution in [0.25, 0.3) is 21.7 Å². The Morgan fingerprint density at radius 3 is 2.23 bits per heavy atom. The summed E-state index contributed by atoms with van der Waals surface area (Å²) in [7, 11) is -3.26. The monoisotopic (exact) mass is 441 g/mol. The summed E-state index contributed by atoms with van der Waals surface area (Å²) >= 11 is 1.58. The molecular weight excluding hydrogens is 417 g/mol. The number of hydrogen-bond donors (Lipinski definition) is 0. The molecule has 3 nitrogen and oxygen atoms in total. The summed E-state index contributed by atoms with van der Waals surface area (Å²) in [5.74, 6) is -0.179. The van der Waals surface area contributed by atoms with Crippen LogP contribution in [-0.4, -0.2) is 19.7 Å². The van der Waals surface area contributed by atoms with Crippen LogP contribution < -0.4 is 0 Å². The Labute approximate surface area is 181 Å². The molecule has 0 fully saturated rings. The standard InChI is InChI=1S/C24H24FNO2S2/c1-5-6-7-16(2)17(3)24-26-22(18-8-12-20(25)13-9-18)23(29-24)19-10-14-21(15-11-19)30(4,27)28/h5-15,17H,1-4H3/b6-5-,16-7-. The lowest BCUT2D eigenvalue weighted by Crippen LogP contribution is -1.96. The molecule has 0 N–H and O–H groups in total. The fraction of sp³-hybridized carbons (Fsp3) is 0.208. The second-order valence-corrected chi connectivity index (χ2v) is 10.2. The van der Waals surface area contributed by atoms with Crippen molar-refractivity contribution >= 4 is 21.2 Å². The van der Waals surface area contributed by atoms with E-state index in [2.05, 4.69) is 19.9 Å². The molecule has 3 aromatic rings. The minimum absolute atomic E-state index is 0.120. The number of sulfone groups is 1. The smallest absolute Gasteiger partial charge is 0.175 e. The highest BCUT2D eigenvalue weighted by atomic mass is 32.2. The zero-order chi connectivity index (χ0) is 21.9. The van der Waals surface area contributed by atoms with Gasteiger partial charge in [0.2, 0.25) is 0 Å². The van der Waals surface area contributed by atoms with Crippen LogP contribution in [0.4, 0.5) is 4.39 Å². The van der Waals surface area contributed by atoms with Crippen molar-refractivity contribution in [1.29, 1.82) is 0 Å². The minimum atomic E-state index is -3.26. The first-order valence-corrected chi connectivity index (χ1v) is 12.3. The lowest BCUT2D eigenvalue weighted by Gasteiger charge is -2.07.